The molecule has 0 bridgehead atoms. The second-order valence-corrected chi connectivity index (χ2v) is 9.63. The average molecular weight is 481 g/mol. The number of rotatable bonds is 5. The molecule has 3 aromatic carbocycles. The third-order valence-electron chi connectivity index (χ3n) is 5.31. The highest BCUT2D eigenvalue weighted by atomic mass is 35.5. The van der Waals surface area contributed by atoms with E-state index in [0.717, 1.165) is 5.56 Å². The van der Waals surface area contributed by atoms with Gasteiger partial charge in [-0.2, -0.15) is 0 Å². The van der Waals surface area contributed by atoms with Gasteiger partial charge in [0.25, 0.3) is 10.0 Å². The van der Waals surface area contributed by atoms with E-state index in [1.54, 1.807) is 60.7 Å². The van der Waals surface area contributed by atoms with Gasteiger partial charge in [0, 0.05) is 27.9 Å². The molecule has 5 rings (SSSR count). The molecule has 4 aromatic rings. The van der Waals surface area contributed by atoms with E-state index in [1.165, 1.54) is 22.3 Å². The van der Waals surface area contributed by atoms with Gasteiger partial charge in [-0.15, -0.1) is 0 Å². The molecule has 33 heavy (non-hydrogen) atoms. The molecule has 1 aliphatic heterocycles. The molecule has 0 atom stereocenters. The van der Waals surface area contributed by atoms with Crippen LogP contribution in [0.4, 0.5) is 0 Å². The van der Waals surface area contributed by atoms with Crippen molar-refractivity contribution < 1.29 is 22.7 Å². The van der Waals surface area contributed by atoms with Gasteiger partial charge in [-0.1, -0.05) is 29.8 Å². The minimum absolute atomic E-state index is 0.0585. The number of nitrogens with zero attached hydrogens (tertiary/aromatic N) is 1. The first-order valence-electron chi connectivity index (χ1n) is 9.87. The number of hydrogen-bond acceptors (Lipinski definition) is 5. The van der Waals surface area contributed by atoms with Crippen LogP contribution in [0.3, 0.4) is 0 Å². The minimum atomic E-state index is -3.98. The van der Waals surface area contributed by atoms with E-state index in [4.69, 9.17) is 26.8 Å². The second kappa shape index (κ2) is 7.99. The number of primary amides is 1. The minimum Gasteiger partial charge on any atom is -0.454 e. The molecule has 7 nitrogen and oxygen atoms in total. The molecule has 0 saturated carbocycles. The van der Waals surface area contributed by atoms with E-state index in [0.29, 0.717) is 38.9 Å². The number of amides is 1. The Kier molecular flexibility index (Phi) is 5.11. The van der Waals surface area contributed by atoms with Gasteiger partial charge in [-0.05, 0) is 60.2 Å². The number of ether oxygens (including phenoxy) is 2. The normalized spacial score (nSPS) is 12.6. The van der Waals surface area contributed by atoms with E-state index < -0.39 is 15.9 Å². The summed E-state index contributed by atoms with van der Waals surface area (Å²) < 4.78 is 39.2. The molecule has 1 aromatic heterocycles. The summed E-state index contributed by atoms with van der Waals surface area (Å²) >= 11 is 6.06. The zero-order valence-corrected chi connectivity index (χ0v) is 18.6. The van der Waals surface area contributed by atoms with Crippen LogP contribution >= 0.6 is 11.6 Å². The number of aromatic nitrogens is 1. The summed E-state index contributed by atoms with van der Waals surface area (Å²) in [4.78, 5) is 11.5. The first-order valence-corrected chi connectivity index (χ1v) is 11.7. The van der Waals surface area contributed by atoms with Crippen molar-refractivity contribution in [2.75, 3.05) is 6.79 Å². The number of benzene rings is 3. The third kappa shape index (κ3) is 3.83. The molecular formula is C24H17ClN2O5S. The summed E-state index contributed by atoms with van der Waals surface area (Å²) in [5, 5.41) is 0.315. The summed E-state index contributed by atoms with van der Waals surface area (Å²) in [6.07, 6.45) is 1.54. The molecule has 1 amide bonds. The summed E-state index contributed by atoms with van der Waals surface area (Å²) in [7, 11) is -3.98. The van der Waals surface area contributed by atoms with Crippen molar-refractivity contribution in [1.29, 1.82) is 0 Å². The van der Waals surface area contributed by atoms with Crippen molar-refractivity contribution in [1.82, 2.24) is 3.97 Å². The van der Waals surface area contributed by atoms with E-state index in [1.807, 2.05) is 0 Å². The molecule has 0 aliphatic carbocycles. The van der Waals surface area contributed by atoms with Gasteiger partial charge in [0.15, 0.2) is 11.5 Å². The van der Waals surface area contributed by atoms with Crippen LogP contribution in [-0.4, -0.2) is 25.1 Å². The highest BCUT2D eigenvalue weighted by Crippen LogP contribution is 2.38. The van der Waals surface area contributed by atoms with Gasteiger partial charge in [-0.25, -0.2) is 12.4 Å². The quantitative estimate of drug-likeness (QED) is 0.452. The van der Waals surface area contributed by atoms with Gasteiger partial charge >= 0.3 is 0 Å². The summed E-state index contributed by atoms with van der Waals surface area (Å²) in [5.74, 6) is 0.591. The van der Waals surface area contributed by atoms with Crippen molar-refractivity contribution in [3.63, 3.8) is 0 Å². The number of carbonyl (C=O) groups is 1. The maximum atomic E-state index is 13.6. The Morgan fingerprint density at radius 1 is 0.879 bits per heavy atom. The third-order valence-corrected chi connectivity index (χ3v) is 7.21. The number of fused-ring (bicyclic) bond motifs is 1. The monoisotopic (exact) mass is 480 g/mol. The van der Waals surface area contributed by atoms with E-state index in [9.17, 15) is 13.2 Å². The van der Waals surface area contributed by atoms with Gasteiger partial charge in [0.05, 0.1) is 10.6 Å². The van der Waals surface area contributed by atoms with Crippen LogP contribution in [0.2, 0.25) is 5.02 Å². The number of nitrogens with two attached hydrogens (primary N) is 1. The summed E-state index contributed by atoms with van der Waals surface area (Å²) in [6, 6.07) is 19.7. The Bertz CT molecular complexity index is 1490. The molecule has 0 fully saturated rings. The molecule has 0 unspecified atom stereocenters. The fourth-order valence-electron chi connectivity index (χ4n) is 3.64. The van der Waals surface area contributed by atoms with Crippen molar-refractivity contribution in [2.24, 2.45) is 5.73 Å². The molecule has 9 heteroatoms. The van der Waals surface area contributed by atoms with Gasteiger partial charge in [-0.3, -0.25) is 4.79 Å². The molecule has 2 heterocycles. The van der Waals surface area contributed by atoms with Crippen LogP contribution in [0, 0.1) is 0 Å². The van der Waals surface area contributed by atoms with Crippen LogP contribution in [0.5, 0.6) is 11.5 Å². The molecular weight excluding hydrogens is 464 g/mol. The summed E-state index contributed by atoms with van der Waals surface area (Å²) in [6.45, 7) is 0.109. The van der Waals surface area contributed by atoms with Crippen molar-refractivity contribution in [2.45, 2.75) is 4.90 Å². The lowest BCUT2D eigenvalue weighted by atomic mass is 10.1. The molecule has 1 aliphatic rings. The van der Waals surface area contributed by atoms with E-state index in [-0.39, 0.29) is 11.7 Å². The number of carbonyl (C=O) groups excluding carboxylic acids is 1. The Labute approximate surface area is 195 Å². The SMILES string of the molecule is NC(=O)c1ccc(-c2cc(-c3ccc4c(c3)OCO4)n(S(=O)(=O)c3cccc(Cl)c3)c2)cc1. The lowest BCUT2D eigenvalue weighted by Crippen LogP contribution is -2.13. The first-order chi connectivity index (χ1) is 15.8. The van der Waals surface area contributed by atoms with Crippen molar-refractivity contribution in [3.8, 4) is 33.9 Å². The van der Waals surface area contributed by atoms with Crippen LogP contribution in [-0.2, 0) is 10.0 Å². The first kappa shape index (κ1) is 21.1. The van der Waals surface area contributed by atoms with Gasteiger partial charge in [0.1, 0.15) is 0 Å². The molecule has 2 N–H and O–H groups in total. The zero-order valence-electron chi connectivity index (χ0n) is 17.1. The molecule has 166 valence electrons. The van der Waals surface area contributed by atoms with Crippen LogP contribution < -0.4 is 15.2 Å². The average Bonchev–Trinajstić information content (AvgIpc) is 3.46. The highest BCUT2D eigenvalue weighted by molar-refractivity contribution is 7.90. The summed E-state index contributed by atoms with van der Waals surface area (Å²) in [5.41, 5.74) is 8.12. The standard InChI is InChI=1S/C24H17ClN2O5S/c25-19-2-1-3-20(12-19)33(29,30)27-13-18(15-4-6-16(7-5-15)24(26)28)10-21(27)17-8-9-22-23(11-17)32-14-31-22/h1-13H,14H2,(H2,26,28). The predicted molar refractivity (Wildman–Crippen MR) is 124 cm³/mol. The smallest absolute Gasteiger partial charge is 0.268 e. The van der Waals surface area contributed by atoms with E-state index >= 15 is 0 Å². The van der Waals surface area contributed by atoms with Crippen molar-refractivity contribution >= 4 is 27.5 Å². The van der Waals surface area contributed by atoms with Crippen molar-refractivity contribution in [3.05, 3.63) is 89.6 Å². The Morgan fingerprint density at radius 2 is 1.61 bits per heavy atom. The largest absolute Gasteiger partial charge is 0.454 e. The van der Waals surface area contributed by atoms with Crippen LogP contribution in [0.1, 0.15) is 10.4 Å². The Morgan fingerprint density at radius 3 is 2.33 bits per heavy atom. The topological polar surface area (TPSA) is 101 Å². The zero-order chi connectivity index (χ0) is 23.2. The Hall–Kier alpha value is -3.75. The maximum absolute atomic E-state index is 13.6. The second-order valence-electron chi connectivity index (χ2n) is 7.38. The number of hydrogen-bond donors (Lipinski definition) is 1. The lowest BCUT2D eigenvalue weighted by Gasteiger charge is -2.11. The highest BCUT2D eigenvalue weighted by Gasteiger charge is 2.24. The lowest BCUT2D eigenvalue weighted by molar-refractivity contribution is 0.1000. The van der Waals surface area contributed by atoms with Gasteiger partial charge < -0.3 is 15.2 Å². The van der Waals surface area contributed by atoms with E-state index in [2.05, 4.69) is 0 Å². The Balaban J connectivity index is 1.69. The molecule has 0 saturated heterocycles. The predicted octanol–water partition coefficient (Wildman–Crippen LogP) is 4.54. The van der Waals surface area contributed by atoms with Crippen LogP contribution in [0.15, 0.2) is 83.9 Å². The fourth-order valence-corrected chi connectivity index (χ4v) is 5.31. The number of halogens is 1. The van der Waals surface area contributed by atoms with Gasteiger partial charge in [0.2, 0.25) is 12.7 Å². The molecule has 0 spiro atoms. The maximum Gasteiger partial charge on any atom is 0.268 e. The fraction of sp³-hybridized carbons (Fsp3) is 0.0417. The molecule has 0 radical (unpaired) electrons. The van der Waals surface area contributed by atoms with Crippen LogP contribution in [0.25, 0.3) is 22.4 Å².